The lowest BCUT2D eigenvalue weighted by molar-refractivity contribution is -0.683. The lowest BCUT2D eigenvalue weighted by Gasteiger charge is -2.01. The molecular weight excluding hydrogens is 412 g/mol. The highest BCUT2D eigenvalue weighted by Crippen LogP contribution is 2.12. The molecule has 0 amide bonds. The molecule has 3 rings (SSSR count). The number of non-ortho nitro benzene ring substituents is 1. The van der Waals surface area contributed by atoms with E-state index >= 15 is 0 Å². The molecule has 0 N–H and O–H groups in total. The standard InChI is InChI=1S/C20H15N2O4.BrH/c23-19(15-6-8-18(9-7-15)22(25)26)14-21-12-10-17(11-13-21)20(24)16-4-2-1-3-5-16;/h1-13H,14H2;1H/q+1;/p-1. The minimum absolute atomic E-state index is 0. The van der Waals surface area contributed by atoms with Crippen LogP contribution in [0.25, 0.3) is 0 Å². The Hall–Kier alpha value is -3.19. The molecule has 0 fully saturated rings. The van der Waals surface area contributed by atoms with Crippen LogP contribution >= 0.6 is 0 Å². The molecule has 3 aromatic rings. The van der Waals surface area contributed by atoms with Crippen molar-refractivity contribution in [1.82, 2.24) is 0 Å². The molecule has 1 aromatic heterocycles. The molecule has 136 valence electrons. The van der Waals surface area contributed by atoms with Gasteiger partial charge in [-0.25, -0.2) is 0 Å². The van der Waals surface area contributed by atoms with Gasteiger partial charge in [-0.1, -0.05) is 30.3 Å². The molecule has 6 nitrogen and oxygen atoms in total. The van der Waals surface area contributed by atoms with E-state index in [-0.39, 0.29) is 40.8 Å². The second kappa shape index (κ2) is 8.95. The highest BCUT2D eigenvalue weighted by Gasteiger charge is 2.15. The van der Waals surface area contributed by atoms with Crippen LogP contribution in [0.4, 0.5) is 5.69 Å². The zero-order valence-corrected chi connectivity index (χ0v) is 15.7. The zero-order valence-electron chi connectivity index (χ0n) is 14.1. The average Bonchev–Trinajstić information content (AvgIpc) is 2.68. The number of ketones is 2. The quantitative estimate of drug-likeness (QED) is 0.240. The Bertz CT molecular complexity index is 956. The van der Waals surface area contributed by atoms with Gasteiger partial charge in [-0.2, -0.15) is 4.57 Å². The normalized spacial score (nSPS) is 9.93. The molecule has 0 aliphatic rings. The van der Waals surface area contributed by atoms with Crippen molar-refractivity contribution in [1.29, 1.82) is 0 Å². The Morgan fingerprint density at radius 3 is 1.93 bits per heavy atom. The zero-order chi connectivity index (χ0) is 18.5. The maximum absolute atomic E-state index is 12.4. The summed E-state index contributed by atoms with van der Waals surface area (Å²) in [7, 11) is 0. The molecular formula is C20H15BrN2O4. The molecule has 0 saturated heterocycles. The number of nitro groups is 1. The molecule has 2 aromatic carbocycles. The number of carbonyl (C=O) groups is 2. The minimum atomic E-state index is -0.508. The number of hydrogen-bond donors (Lipinski definition) is 0. The summed E-state index contributed by atoms with van der Waals surface area (Å²) >= 11 is 0. The third-order valence-corrected chi connectivity index (χ3v) is 3.92. The van der Waals surface area contributed by atoms with Crippen LogP contribution in [0.5, 0.6) is 0 Å². The van der Waals surface area contributed by atoms with E-state index < -0.39 is 4.92 Å². The smallest absolute Gasteiger partial charge is 0.269 e. The van der Waals surface area contributed by atoms with Crippen molar-refractivity contribution < 1.29 is 36.1 Å². The summed E-state index contributed by atoms with van der Waals surface area (Å²) in [5.74, 6) is -0.258. The van der Waals surface area contributed by atoms with Crippen molar-refractivity contribution in [2.75, 3.05) is 0 Å². The van der Waals surface area contributed by atoms with Crippen molar-refractivity contribution in [3.05, 3.63) is 106 Å². The largest absolute Gasteiger partial charge is 1.00 e. The highest BCUT2D eigenvalue weighted by atomic mass is 79.9. The van der Waals surface area contributed by atoms with Crippen LogP contribution in [0.15, 0.2) is 79.1 Å². The summed E-state index contributed by atoms with van der Waals surface area (Å²) in [4.78, 5) is 34.8. The van der Waals surface area contributed by atoms with Gasteiger partial charge in [0, 0.05) is 41.0 Å². The third kappa shape index (κ3) is 4.92. The van der Waals surface area contributed by atoms with Crippen molar-refractivity contribution in [3.8, 4) is 0 Å². The summed E-state index contributed by atoms with van der Waals surface area (Å²) in [6.07, 6.45) is 3.33. The van der Waals surface area contributed by atoms with Crippen LogP contribution < -0.4 is 21.5 Å². The second-order valence-corrected chi connectivity index (χ2v) is 5.68. The Morgan fingerprint density at radius 2 is 1.37 bits per heavy atom. The van der Waals surface area contributed by atoms with Gasteiger partial charge in [0.1, 0.15) is 0 Å². The number of halogens is 1. The molecule has 0 aliphatic carbocycles. The Kier molecular flexibility index (Phi) is 6.67. The molecule has 0 unspecified atom stereocenters. The fourth-order valence-corrected chi connectivity index (χ4v) is 2.50. The van der Waals surface area contributed by atoms with Crippen molar-refractivity contribution >= 4 is 17.3 Å². The van der Waals surface area contributed by atoms with Gasteiger partial charge in [0.15, 0.2) is 18.2 Å². The van der Waals surface area contributed by atoms with Crippen LogP contribution in [0.1, 0.15) is 26.3 Å². The van der Waals surface area contributed by atoms with Gasteiger partial charge in [-0.15, -0.1) is 0 Å². The van der Waals surface area contributed by atoms with Crippen molar-refractivity contribution in [3.63, 3.8) is 0 Å². The monoisotopic (exact) mass is 426 g/mol. The van der Waals surface area contributed by atoms with Gasteiger partial charge in [0.2, 0.25) is 12.3 Å². The fraction of sp³-hybridized carbons (Fsp3) is 0.0500. The number of pyridine rings is 1. The maximum atomic E-state index is 12.4. The number of nitro benzene ring substituents is 1. The molecule has 0 aliphatic heterocycles. The summed E-state index contributed by atoms with van der Waals surface area (Å²) in [5, 5.41) is 10.7. The number of aromatic nitrogens is 1. The predicted octanol–water partition coefficient (Wildman–Crippen LogP) is 0.000200. The van der Waals surface area contributed by atoms with E-state index in [1.54, 1.807) is 53.4 Å². The Morgan fingerprint density at radius 1 is 0.815 bits per heavy atom. The van der Waals surface area contributed by atoms with E-state index in [0.29, 0.717) is 16.7 Å². The van der Waals surface area contributed by atoms with E-state index in [9.17, 15) is 19.7 Å². The third-order valence-electron chi connectivity index (χ3n) is 3.92. The van der Waals surface area contributed by atoms with Gasteiger partial charge >= 0.3 is 0 Å². The van der Waals surface area contributed by atoms with E-state index in [2.05, 4.69) is 0 Å². The van der Waals surface area contributed by atoms with Crippen LogP contribution in [0, 0.1) is 10.1 Å². The molecule has 0 radical (unpaired) electrons. The van der Waals surface area contributed by atoms with Gasteiger partial charge < -0.3 is 17.0 Å². The summed E-state index contributed by atoms with van der Waals surface area (Å²) < 4.78 is 1.66. The topological polar surface area (TPSA) is 81.2 Å². The van der Waals surface area contributed by atoms with Crippen molar-refractivity contribution in [2.24, 2.45) is 0 Å². The average molecular weight is 427 g/mol. The fourth-order valence-electron chi connectivity index (χ4n) is 2.50. The number of rotatable bonds is 6. The molecule has 0 bridgehead atoms. The van der Waals surface area contributed by atoms with Gasteiger partial charge in [0.05, 0.1) is 4.92 Å². The lowest BCUT2D eigenvalue weighted by atomic mass is 10.0. The lowest BCUT2D eigenvalue weighted by Crippen LogP contribution is -3.00. The number of benzene rings is 2. The van der Waals surface area contributed by atoms with Crippen LogP contribution in [-0.4, -0.2) is 16.5 Å². The summed E-state index contributed by atoms with van der Waals surface area (Å²) in [5.41, 5.74) is 1.48. The minimum Gasteiger partial charge on any atom is -1.00 e. The molecule has 7 heteroatoms. The number of hydrogen-bond acceptors (Lipinski definition) is 4. The maximum Gasteiger partial charge on any atom is 0.269 e. The second-order valence-electron chi connectivity index (χ2n) is 5.68. The van der Waals surface area contributed by atoms with Crippen LogP contribution in [0.2, 0.25) is 0 Å². The molecule has 0 atom stereocenters. The Balaban J connectivity index is 0.00000261. The number of carbonyl (C=O) groups excluding carboxylic acids is 2. The molecule has 0 saturated carbocycles. The van der Waals surface area contributed by atoms with E-state index in [4.69, 9.17) is 0 Å². The van der Waals surface area contributed by atoms with Gasteiger partial charge in [0.25, 0.3) is 5.69 Å². The molecule has 27 heavy (non-hydrogen) atoms. The van der Waals surface area contributed by atoms with E-state index in [1.807, 2.05) is 6.07 Å². The first-order chi connectivity index (χ1) is 12.5. The highest BCUT2D eigenvalue weighted by molar-refractivity contribution is 6.08. The van der Waals surface area contributed by atoms with Crippen molar-refractivity contribution in [2.45, 2.75) is 6.54 Å². The molecule has 0 spiro atoms. The van der Waals surface area contributed by atoms with E-state index in [1.165, 1.54) is 24.3 Å². The summed E-state index contributed by atoms with van der Waals surface area (Å²) in [6.45, 7) is 0.0810. The van der Waals surface area contributed by atoms with Crippen LogP contribution in [-0.2, 0) is 6.54 Å². The molecule has 1 heterocycles. The van der Waals surface area contributed by atoms with Crippen LogP contribution in [0.3, 0.4) is 0 Å². The summed E-state index contributed by atoms with van der Waals surface area (Å²) in [6, 6.07) is 17.8. The van der Waals surface area contributed by atoms with Gasteiger partial charge in [-0.05, 0) is 12.1 Å². The first-order valence-corrected chi connectivity index (χ1v) is 7.91. The number of Topliss-reactive ketones (excluding diaryl/α,β-unsaturated/α-hetero) is 1. The van der Waals surface area contributed by atoms with Gasteiger partial charge in [-0.3, -0.25) is 19.7 Å². The first kappa shape index (κ1) is 20.1. The SMILES string of the molecule is O=C(C[n+]1ccc(C(=O)c2ccccc2)cc1)c1ccc([N+](=O)[O-])cc1.[Br-]. The van der Waals surface area contributed by atoms with E-state index in [0.717, 1.165) is 0 Å². The Labute approximate surface area is 166 Å². The number of nitrogens with zero attached hydrogens (tertiary/aromatic N) is 2. The predicted molar refractivity (Wildman–Crippen MR) is 93.9 cm³/mol. The first-order valence-electron chi connectivity index (χ1n) is 7.91.